The molecule has 5 heteroatoms. The largest absolute Gasteiger partial charge is 0.497 e. The summed E-state index contributed by atoms with van der Waals surface area (Å²) < 4.78 is 30.6. The molecule has 2 atom stereocenters. The standard InChI is InChI=1S/C23H26FNO3/c1-26-20-7-4-16-2-3-17(22(16)10-20)12-25-14-23(15-25)11-21(13-27-23)28-19-8-5-18(24)6-9-19/h4-10,17,21H,2-3,11-15H2,1H3. The molecule has 2 aromatic rings. The van der Waals surface area contributed by atoms with E-state index >= 15 is 0 Å². The Hall–Kier alpha value is -2.11. The SMILES string of the molecule is COc1ccc2c(c1)C(CN1CC3(CC(Oc4ccc(F)cc4)CO3)C1)CC2. The molecule has 2 unspecified atom stereocenters. The molecule has 0 N–H and O–H groups in total. The van der Waals surface area contributed by atoms with Crippen molar-refractivity contribution in [1.29, 1.82) is 0 Å². The van der Waals surface area contributed by atoms with E-state index in [1.807, 2.05) is 0 Å². The molecule has 28 heavy (non-hydrogen) atoms. The molecule has 148 valence electrons. The smallest absolute Gasteiger partial charge is 0.125 e. The van der Waals surface area contributed by atoms with E-state index in [0.717, 1.165) is 38.2 Å². The van der Waals surface area contributed by atoms with Gasteiger partial charge in [-0.3, -0.25) is 4.90 Å². The third kappa shape index (κ3) is 3.38. The second kappa shape index (κ2) is 7.05. The molecule has 3 aliphatic rings. The lowest BCUT2D eigenvalue weighted by atomic mass is 9.88. The summed E-state index contributed by atoms with van der Waals surface area (Å²) in [5.41, 5.74) is 2.84. The average molecular weight is 383 g/mol. The van der Waals surface area contributed by atoms with Gasteiger partial charge in [0, 0.05) is 26.1 Å². The van der Waals surface area contributed by atoms with Gasteiger partial charge in [-0.15, -0.1) is 0 Å². The Morgan fingerprint density at radius 3 is 2.71 bits per heavy atom. The molecule has 2 aliphatic heterocycles. The first kappa shape index (κ1) is 18.0. The van der Waals surface area contributed by atoms with Crippen molar-refractivity contribution in [3.05, 3.63) is 59.4 Å². The van der Waals surface area contributed by atoms with Gasteiger partial charge in [0.15, 0.2) is 0 Å². The Labute approximate surface area is 165 Å². The molecule has 0 amide bonds. The van der Waals surface area contributed by atoms with Gasteiger partial charge in [0.25, 0.3) is 0 Å². The molecule has 2 heterocycles. The predicted molar refractivity (Wildman–Crippen MR) is 105 cm³/mol. The quantitative estimate of drug-likeness (QED) is 0.786. The first-order chi connectivity index (χ1) is 13.6. The molecule has 4 nitrogen and oxygen atoms in total. The zero-order valence-corrected chi connectivity index (χ0v) is 16.2. The second-order valence-electron chi connectivity index (χ2n) is 8.36. The number of nitrogens with zero attached hydrogens (tertiary/aromatic N) is 1. The van der Waals surface area contributed by atoms with Crippen LogP contribution in [-0.4, -0.2) is 50.0 Å². The van der Waals surface area contributed by atoms with Crippen LogP contribution >= 0.6 is 0 Å². The number of halogens is 1. The highest BCUT2D eigenvalue weighted by Crippen LogP contribution is 2.41. The molecule has 0 bridgehead atoms. The van der Waals surface area contributed by atoms with Crippen LogP contribution in [0, 0.1) is 5.82 Å². The van der Waals surface area contributed by atoms with E-state index in [1.54, 1.807) is 19.2 Å². The van der Waals surface area contributed by atoms with Crippen LogP contribution in [0.2, 0.25) is 0 Å². The van der Waals surface area contributed by atoms with E-state index in [1.165, 1.54) is 29.7 Å². The Balaban J connectivity index is 1.15. The van der Waals surface area contributed by atoms with Gasteiger partial charge in [0.05, 0.1) is 19.3 Å². The topological polar surface area (TPSA) is 30.9 Å². The molecular weight excluding hydrogens is 357 g/mol. The lowest BCUT2D eigenvalue weighted by Gasteiger charge is -2.48. The van der Waals surface area contributed by atoms with Crippen LogP contribution in [0.1, 0.15) is 29.9 Å². The lowest BCUT2D eigenvalue weighted by Crippen LogP contribution is -2.62. The highest BCUT2D eigenvalue weighted by atomic mass is 19.1. The zero-order chi connectivity index (χ0) is 19.1. The van der Waals surface area contributed by atoms with Crippen LogP contribution in [-0.2, 0) is 11.2 Å². The fraction of sp³-hybridized carbons (Fsp3) is 0.478. The van der Waals surface area contributed by atoms with Gasteiger partial charge in [-0.1, -0.05) is 6.07 Å². The molecule has 0 aromatic heterocycles. The number of hydrogen-bond acceptors (Lipinski definition) is 4. The van der Waals surface area contributed by atoms with Crippen molar-refractivity contribution < 1.29 is 18.6 Å². The second-order valence-corrected chi connectivity index (χ2v) is 8.36. The first-order valence-electron chi connectivity index (χ1n) is 10.1. The van der Waals surface area contributed by atoms with E-state index in [9.17, 15) is 4.39 Å². The first-order valence-corrected chi connectivity index (χ1v) is 10.1. The molecule has 1 aliphatic carbocycles. The minimum Gasteiger partial charge on any atom is -0.497 e. The van der Waals surface area contributed by atoms with E-state index in [-0.39, 0.29) is 17.5 Å². The maximum Gasteiger partial charge on any atom is 0.125 e. The maximum absolute atomic E-state index is 13.0. The number of fused-ring (bicyclic) bond motifs is 1. The molecule has 0 saturated carbocycles. The summed E-state index contributed by atoms with van der Waals surface area (Å²) in [6.07, 6.45) is 3.32. The molecule has 1 spiro atoms. The van der Waals surface area contributed by atoms with Crippen LogP contribution in [0.5, 0.6) is 11.5 Å². The van der Waals surface area contributed by atoms with Gasteiger partial charge in [-0.2, -0.15) is 0 Å². The fourth-order valence-electron chi connectivity index (χ4n) is 5.00. The van der Waals surface area contributed by atoms with E-state index in [4.69, 9.17) is 14.2 Å². The maximum atomic E-state index is 13.0. The normalized spacial score (nSPS) is 25.5. The van der Waals surface area contributed by atoms with E-state index in [2.05, 4.69) is 23.1 Å². The van der Waals surface area contributed by atoms with Gasteiger partial charge < -0.3 is 14.2 Å². The molecule has 2 saturated heterocycles. The molecule has 2 fully saturated rings. The Morgan fingerprint density at radius 2 is 1.93 bits per heavy atom. The molecule has 5 rings (SSSR count). The van der Waals surface area contributed by atoms with Crippen LogP contribution < -0.4 is 9.47 Å². The summed E-state index contributed by atoms with van der Waals surface area (Å²) >= 11 is 0. The van der Waals surface area contributed by atoms with Gasteiger partial charge >= 0.3 is 0 Å². The van der Waals surface area contributed by atoms with Crippen molar-refractivity contribution in [2.24, 2.45) is 0 Å². The van der Waals surface area contributed by atoms with E-state index in [0.29, 0.717) is 18.3 Å². The fourth-order valence-corrected chi connectivity index (χ4v) is 5.00. The number of aryl methyl sites for hydroxylation is 1. The molecule has 0 radical (unpaired) electrons. The monoisotopic (exact) mass is 383 g/mol. The van der Waals surface area contributed by atoms with Gasteiger partial charge in [-0.25, -0.2) is 4.39 Å². The third-order valence-electron chi connectivity index (χ3n) is 6.35. The molecule has 2 aromatic carbocycles. The summed E-state index contributed by atoms with van der Waals surface area (Å²) in [5.74, 6) is 1.99. The van der Waals surface area contributed by atoms with Crippen molar-refractivity contribution in [1.82, 2.24) is 4.90 Å². The van der Waals surface area contributed by atoms with E-state index < -0.39 is 0 Å². The van der Waals surface area contributed by atoms with Crippen molar-refractivity contribution in [3.8, 4) is 11.5 Å². The lowest BCUT2D eigenvalue weighted by molar-refractivity contribution is -0.112. The Bertz CT molecular complexity index is 847. The van der Waals surface area contributed by atoms with Crippen molar-refractivity contribution in [3.63, 3.8) is 0 Å². The number of ether oxygens (including phenoxy) is 3. The number of likely N-dealkylation sites (tertiary alicyclic amines) is 1. The number of rotatable bonds is 5. The Kier molecular flexibility index (Phi) is 4.52. The summed E-state index contributed by atoms with van der Waals surface area (Å²) in [7, 11) is 1.73. The predicted octanol–water partition coefficient (Wildman–Crippen LogP) is 3.79. The minimum atomic E-state index is -0.243. The highest BCUT2D eigenvalue weighted by molar-refractivity contribution is 5.41. The van der Waals surface area contributed by atoms with Crippen molar-refractivity contribution in [2.45, 2.75) is 36.9 Å². The number of hydrogen-bond donors (Lipinski definition) is 0. The van der Waals surface area contributed by atoms with Crippen LogP contribution in [0.3, 0.4) is 0 Å². The average Bonchev–Trinajstić information content (AvgIpc) is 3.28. The van der Waals surface area contributed by atoms with Gasteiger partial charge in [0.1, 0.15) is 23.4 Å². The van der Waals surface area contributed by atoms with Crippen LogP contribution in [0.4, 0.5) is 4.39 Å². The summed E-state index contributed by atoms with van der Waals surface area (Å²) in [6.45, 7) is 3.61. The third-order valence-corrected chi connectivity index (χ3v) is 6.35. The van der Waals surface area contributed by atoms with Crippen LogP contribution in [0.15, 0.2) is 42.5 Å². The zero-order valence-electron chi connectivity index (χ0n) is 16.2. The molecular formula is C23H26FNO3. The highest BCUT2D eigenvalue weighted by Gasteiger charge is 2.50. The van der Waals surface area contributed by atoms with Gasteiger partial charge in [-0.05, 0) is 66.3 Å². The summed E-state index contributed by atoms with van der Waals surface area (Å²) in [5, 5.41) is 0. The number of methoxy groups -OCH3 is 1. The van der Waals surface area contributed by atoms with Crippen molar-refractivity contribution in [2.75, 3.05) is 33.4 Å². The summed E-state index contributed by atoms with van der Waals surface area (Å²) in [4.78, 5) is 2.50. The number of benzene rings is 2. The summed E-state index contributed by atoms with van der Waals surface area (Å²) in [6, 6.07) is 12.7. The van der Waals surface area contributed by atoms with Crippen molar-refractivity contribution >= 4 is 0 Å². The Morgan fingerprint density at radius 1 is 1.14 bits per heavy atom. The van der Waals surface area contributed by atoms with Gasteiger partial charge in [0.2, 0.25) is 0 Å². The minimum absolute atomic E-state index is 0.0454. The van der Waals surface area contributed by atoms with Crippen LogP contribution in [0.25, 0.3) is 0 Å².